The minimum absolute atomic E-state index is 0.325. The molecule has 0 fully saturated rings. The highest BCUT2D eigenvalue weighted by molar-refractivity contribution is 5.78. The van der Waals surface area contributed by atoms with Gasteiger partial charge in [0, 0.05) is 11.1 Å². The van der Waals surface area contributed by atoms with Crippen molar-refractivity contribution in [2.75, 3.05) is 0 Å². The third-order valence-electron chi connectivity index (χ3n) is 3.00. The Morgan fingerprint density at radius 1 is 1.06 bits per heavy atom. The highest BCUT2D eigenvalue weighted by atomic mass is 19.1. The third-order valence-corrected chi connectivity index (χ3v) is 3.00. The minimum Gasteiger partial charge on any atom is -0.298 e. The van der Waals surface area contributed by atoms with Gasteiger partial charge in [0.2, 0.25) is 0 Å². The maximum absolute atomic E-state index is 14.0. The lowest BCUT2D eigenvalue weighted by molar-refractivity contribution is 0.112. The van der Waals surface area contributed by atoms with Crippen LogP contribution in [0.1, 0.15) is 35.7 Å². The Labute approximate surface area is 106 Å². The minimum atomic E-state index is -0.354. The van der Waals surface area contributed by atoms with E-state index in [1.54, 1.807) is 12.1 Å². The van der Waals surface area contributed by atoms with Crippen LogP contribution in [0.15, 0.2) is 42.5 Å². The van der Waals surface area contributed by atoms with E-state index in [2.05, 4.69) is 13.8 Å². The van der Waals surface area contributed by atoms with Gasteiger partial charge in [-0.25, -0.2) is 4.39 Å². The molecule has 0 saturated heterocycles. The quantitative estimate of drug-likeness (QED) is 0.728. The Bertz CT molecular complexity index is 573. The fraction of sp³-hybridized carbons (Fsp3) is 0.188. The first kappa shape index (κ1) is 12.5. The van der Waals surface area contributed by atoms with E-state index in [0.29, 0.717) is 23.3 Å². The largest absolute Gasteiger partial charge is 0.298 e. The van der Waals surface area contributed by atoms with Gasteiger partial charge in [0.1, 0.15) is 12.1 Å². The number of hydrogen-bond acceptors (Lipinski definition) is 1. The second-order valence-corrected chi connectivity index (χ2v) is 4.60. The van der Waals surface area contributed by atoms with E-state index in [9.17, 15) is 9.18 Å². The standard InChI is InChI=1S/C16H15FO/c1-11(2)13-5-3-4-6-14(13)15-8-7-12(10-18)9-16(15)17/h3-11H,1-2H3. The van der Waals surface area contributed by atoms with Crippen LogP contribution >= 0.6 is 0 Å². The number of carbonyl (C=O) groups is 1. The van der Waals surface area contributed by atoms with Crippen LogP contribution in [-0.4, -0.2) is 6.29 Å². The Morgan fingerprint density at radius 2 is 1.78 bits per heavy atom. The summed E-state index contributed by atoms with van der Waals surface area (Å²) < 4.78 is 14.0. The van der Waals surface area contributed by atoms with Crippen molar-refractivity contribution in [3.05, 3.63) is 59.4 Å². The molecule has 0 saturated carbocycles. The van der Waals surface area contributed by atoms with E-state index in [1.165, 1.54) is 6.07 Å². The molecule has 92 valence electrons. The molecule has 0 amide bonds. The Balaban J connectivity index is 2.58. The Morgan fingerprint density at radius 3 is 2.39 bits per heavy atom. The highest BCUT2D eigenvalue weighted by Gasteiger charge is 2.11. The van der Waals surface area contributed by atoms with E-state index in [0.717, 1.165) is 11.1 Å². The number of benzene rings is 2. The molecule has 0 heterocycles. The van der Waals surface area contributed by atoms with Crippen molar-refractivity contribution >= 4 is 6.29 Å². The predicted molar refractivity (Wildman–Crippen MR) is 71.3 cm³/mol. The van der Waals surface area contributed by atoms with Crippen molar-refractivity contribution in [3.8, 4) is 11.1 Å². The molecule has 2 aromatic rings. The summed E-state index contributed by atoms with van der Waals surface area (Å²) in [6, 6.07) is 12.4. The van der Waals surface area contributed by atoms with Crippen LogP contribution < -0.4 is 0 Å². The second kappa shape index (κ2) is 5.13. The SMILES string of the molecule is CC(C)c1ccccc1-c1ccc(C=O)cc1F. The molecule has 0 aromatic heterocycles. The summed E-state index contributed by atoms with van der Waals surface area (Å²) >= 11 is 0. The highest BCUT2D eigenvalue weighted by Crippen LogP contribution is 2.30. The number of aldehydes is 1. The molecule has 0 spiro atoms. The summed E-state index contributed by atoms with van der Waals surface area (Å²) in [6.45, 7) is 4.16. The Kier molecular flexibility index (Phi) is 3.56. The summed E-state index contributed by atoms with van der Waals surface area (Å²) in [5.41, 5.74) is 2.90. The summed E-state index contributed by atoms with van der Waals surface area (Å²) in [5, 5.41) is 0. The third kappa shape index (κ3) is 2.33. The van der Waals surface area contributed by atoms with Gasteiger partial charge in [0.15, 0.2) is 0 Å². The van der Waals surface area contributed by atoms with Gasteiger partial charge >= 0.3 is 0 Å². The lowest BCUT2D eigenvalue weighted by atomic mass is 9.92. The molecule has 18 heavy (non-hydrogen) atoms. The normalized spacial score (nSPS) is 10.7. The van der Waals surface area contributed by atoms with E-state index in [-0.39, 0.29) is 5.82 Å². The Hall–Kier alpha value is -1.96. The topological polar surface area (TPSA) is 17.1 Å². The summed E-state index contributed by atoms with van der Waals surface area (Å²) in [5.74, 6) is -0.0287. The molecule has 0 bridgehead atoms. The molecule has 0 radical (unpaired) electrons. The molecule has 0 atom stereocenters. The molecular weight excluding hydrogens is 227 g/mol. The number of hydrogen-bond donors (Lipinski definition) is 0. The fourth-order valence-corrected chi connectivity index (χ4v) is 2.07. The fourth-order valence-electron chi connectivity index (χ4n) is 2.07. The molecule has 2 heteroatoms. The monoisotopic (exact) mass is 242 g/mol. The van der Waals surface area contributed by atoms with Crippen molar-refractivity contribution < 1.29 is 9.18 Å². The van der Waals surface area contributed by atoms with Crippen molar-refractivity contribution in [1.82, 2.24) is 0 Å². The zero-order valence-corrected chi connectivity index (χ0v) is 10.5. The average Bonchev–Trinajstić information content (AvgIpc) is 2.38. The number of halogens is 1. The van der Waals surface area contributed by atoms with Gasteiger partial charge in [-0.2, -0.15) is 0 Å². The first-order valence-electron chi connectivity index (χ1n) is 5.97. The van der Waals surface area contributed by atoms with Crippen LogP contribution in [0.3, 0.4) is 0 Å². The molecule has 0 aliphatic rings. The van der Waals surface area contributed by atoms with Gasteiger partial charge in [-0.1, -0.05) is 50.2 Å². The smallest absolute Gasteiger partial charge is 0.150 e. The van der Waals surface area contributed by atoms with Gasteiger partial charge < -0.3 is 0 Å². The molecule has 0 N–H and O–H groups in total. The summed E-state index contributed by atoms with van der Waals surface area (Å²) in [6.07, 6.45) is 0.654. The van der Waals surface area contributed by atoms with E-state index in [1.807, 2.05) is 24.3 Å². The molecule has 2 aromatic carbocycles. The van der Waals surface area contributed by atoms with E-state index < -0.39 is 0 Å². The lowest BCUT2D eigenvalue weighted by Gasteiger charge is -2.13. The molecule has 0 unspecified atom stereocenters. The van der Waals surface area contributed by atoms with Gasteiger partial charge in [0.05, 0.1) is 0 Å². The molecule has 1 nitrogen and oxygen atoms in total. The summed E-state index contributed by atoms with van der Waals surface area (Å²) in [7, 11) is 0. The zero-order chi connectivity index (χ0) is 13.1. The molecule has 0 aliphatic carbocycles. The molecule has 2 rings (SSSR count). The average molecular weight is 242 g/mol. The van der Waals surface area contributed by atoms with Crippen molar-refractivity contribution in [2.24, 2.45) is 0 Å². The van der Waals surface area contributed by atoms with E-state index in [4.69, 9.17) is 0 Å². The maximum Gasteiger partial charge on any atom is 0.150 e. The van der Waals surface area contributed by atoms with Crippen LogP contribution in [0.5, 0.6) is 0 Å². The molecule has 0 aliphatic heterocycles. The van der Waals surface area contributed by atoms with Crippen LogP contribution in [0.2, 0.25) is 0 Å². The zero-order valence-electron chi connectivity index (χ0n) is 10.5. The lowest BCUT2D eigenvalue weighted by Crippen LogP contribution is -1.95. The second-order valence-electron chi connectivity index (χ2n) is 4.60. The van der Waals surface area contributed by atoms with Gasteiger partial charge in [-0.3, -0.25) is 4.79 Å². The molecular formula is C16H15FO. The van der Waals surface area contributed by atoms with Crippen LogP contribution in [0.25, 0.3) is 11.1 Å². The van der Waals surface area contributed by atoms with Crippen molar-refractivity contribution in [1.29, 1.82) is 0 Å². The van der Waals surface area contributed by atoms with E-state index >= 15 is 0 Å². The number of carbonyl (C=O) groups excluding carboxylic acids is 1. The first-order chi connectivity index (χ1) is 8.63. The number of rotatable bonds is 3. The van der Waals surface area contributed by atoms with Gasteiger partial charge in [-0.15, -0.1) is 0 Å². The van der Waals surface area contributed by atoms with Gasteiger partial charge in [-0.05, 0) is 23.1 Å². The van der Waals surface area contributed by atoms with Crippen molar-refractivity contribution in [3.63, 3.8) is 0 Å². The first-order valence-corrected chi connectivity index (χ1v) is 5.97. The maximum atomic E-state index is 14.0. The van der Waals surface area contributed by atoms with Crippen LogP contribution in [-0.2, 0) is 0 Å². The van der Waals surface area contributed by atoms with Crippen LogP contribution in [0.4, 0.5) is 4.39 Å². The van der Waals surface area contributed by atoms with Crippen molar-refractivity contribution in [2.45, 2.75) is 19.8 Å². The summed E-state index contributed by atoms with van der Waals surface area (Å²) in [4.78, 5) is 10.6. The predicted octanol–water partition coefficient (Wildman–Crippen LogP) is 4.43. The van der Waals surface area contributed by atoms with Crippen LogP contribution in [0, 0.1) is 5.82 Å². The van der Waals surface area contributed by atoms with Gasteiger partial charge in [0.25, 0.3) is 0 Å².